The number of epoxide rings is 1. The molecule has 1 aliphatic carbocycles. The van der Waals surface area contributed by atoms with Gasteiger partial charge in [0.05, 0.1) is 12.2 Å². The van der Waals surface area contributed by atoms with Crippen LogP contribution in [0.15, 0.2) is 12.2 Å². The minimum atomic E-state index is -0.862. The number of fused-ring (bicyclic) bond motifs is 1. The fourth-order valence-corrected chi connectivity index (χ4v) is 1.90. The molecule has 3 unspecified atom stereocenters. The highest BCUT2D eigenvalue weighted by Crippen LogP contribution is 2.41. The number of rotatable bonds is 2. The van der Waals surface area contributed by atoms with E-state index >= 15 is 0 Å². The molecule has 1 aliphatic heterocycles. The van der Waals surface area contributed by atoms with E-state index in [-0.39, 0.29) is 5.92 Å². The van der Waals surface area contributed by atoms with E-state index in [0.29, 0.717) is 17.8 Å². The van der Waals surface area contributed by atoms with Crippen molar-refractivity contribution in [1.29, 1.82) is 0 Å². The smallest absolute Gasteiger partial charge is 0.331 e. The Bertz CT molecular complexity index is 234. The molecule has 0 bridgehead atoms. The summed E-state index contributed by atoms with van der Waals surface area (Å²) in [6, 6.07) is 0. The van der Waals surface area contributed by atoms with Crippen LogP contribution < -0.4 is 0 Å². The van der Waals surface area contributed by atoms with Crippen LogP contribution in [-0.4, -0.2) is 23.3 Å². The Hall–Kier alpha value is -0.830. The Labute approximate surface area is 71.0 Å². The van der Waals surface area contributed by atoms with E-state index in [2.05, 4.69) is 6.58 Å². The van der Waals surface area contributed by atoms with Gasteiger partial charge < -0.3 is 9.84 Å². The summed E-state index contributed by atoms with van der Waals surface area (Å²) in [6.07, 6.45) is 3.55. The average Bonchev–Trinajstić information content (AvgIpc) is 2.79. The zero-order valence-corrected chi connectivity index (χ0v) is 6.82. The fourth-order valence-electron chi connectivity index (χ4n) is 1.90. The second-order valence-electron chi connectivity index (χ2n) is 3.55. The first-order valence-corrected chi connectivity index (χ1v) is 4.26. The van der Waals surface area contributed by atoms with Crippen molar-refractivity contribution in [3.05, 3.63) is 12.2 Å². The molecule has 0 amide bonds. The molecule has 2 fully saturated rings. The van der Waals surface area contributed by atoms with Crippen LogP contribution >= 0.6 is 0 Å². The molecule has 66 valence electrons. The van der Waals surface area contributed by atoms with Gasteiger partial charge in [-0.3, -0.25) is 0 Å². The third kappa shape index (κ3) is 1.25. The van der Waals surface area contributed by atoms with E-state index in [4.69, 9.17) is 9.84 Å². The lowest BCUT2D eigenvalue weighted by atomic mass is 9.84. The Morgan fingerprint density at radius 2 is 2.17 bits per heavy atom. The first-order valence-electron chi connectivity index (χ1n) is 4.26. The molecule has 0 aromatic rings. The zero-order valence-electron chi connectivity index (χ0n) is 6.82. The number of carboxylic acid groups (broad SMARTS) is 1. The van der Waals surface area contributed by atoms with Crippen LogP contribution in [0.5, 0.6) is 0 Å². The quantitative estimate of drug-likeness (QED) is 0.497. The molecule has 0 aromatic heterocycles. The number of ether oxygens (including phenoxy) is 1. The second-order valence-corrected chi connectivity index (χ2v) is 3.55. The van der Waals surface area contributed by atoms with Gasteiger partial charge in [-0.05, 0) is 25.2 Å². The third-order valence-corrected chi connectivity index (χ3v) is 2.77. The van der Waals surface area contributed by atoms with Gasteiger partial charge in [0.1, 0.15) is 0 Å². The Morgan fingerprint density at radius 1 is 1.42 bits per heavy atom. The van der Waals surface area contributed by atoms with Crippen LogP contribution in [0.1, 0.15) is 19.3 Å². The minimum Gasteiger partial charge on any atom is -0.478 e. The summed E-state index contributed by atoms with van der Waals surface area (Å²) < 4.78 is 5.30. The predicted octanol–water partition coefficient (Wildman–Crippen LogP) is 1.19. The Balaban J connectivity index is 1.95. The molecule has 12 heavy (non-hydrogen) atoms. The van der Waals surface area contributed by atoms with Gasteiger partial charge in [-0.1, -0.05) is 6.58 Å². The molecule has 1 heterocycles. The van der Waals surface area contributed by atoms with E-state index in [9.17, 15) is 4.79 Å². The lowest BCUT2D eigenvalue weighted by Gasteiger charge is -2.18. The molecule has 2 aliphatic rings. The van der Waals surface area contributed by atoms with Gasteiger partial charge in [0.15, 0.2) is 0 Å². The number of hydrogen-bond acceptors (Lipinski definition) is 2. The van der Waals surface area contributed by atoms with E-state index in [1.807, 2.05) is 0 Å². The summed E-state index contributed by atoms with van der Waals surface area (Å²) in [5.41, 5.74) is 0.351. The Morgan fingerprint density at radius 3 is 2.75 bits per heavy atom. The monoisotopic (exact) mass is 168 g/mol. The van der Waals surface area contributed by atoms with Crippen molar-refractivity contribution >= 4 is 5.97 Å². The largest absolute Gasteiger partial charge is 0.478 e. The molecule has 3 nitrogen and oxygen atoms in total. The van der Waals surface area contributed by atoms with Crippen LogP contribution in [-0.2, 0) is 9.53 Å². The predicted molar refractivity (Wildman–Crippen MR) is 42.8 cm³/mol. The summed E-state index contributed by atoms with van der Waals surface area (Å²) in [4.78, 5) is 10.6. The third-order valence-electron chi connectivity index (χ3n) is 2.77. The molecule has 2 rings (SSSR count). The molecule has 3 atom stereocenters. The van der Waals surface area contributed by atoms with Crippen molar-refractivity contribution in [3.63, 3.8) is 0 Å². The number of carbonyl (C=O) groups is 1. The van der Waals surface area contributed by atoms with Gasteiger partial charge in [-0.25, -0.2) is 4.79 Å². The lowest BCUT2D eigenvalue weighted by Crippen LogP contribution is -2.19. The van der Waals surface area contributed by atoms with E-state index in [0.717, 1.165) is 19.3 Å². The molecule has 1 saturated carbocycles. The van der Waals surface area contributed by atoms with Crippen LogP contribution in [0.4, 0.5) is 0 Å². The summed E-state index contributed by atoms with van der Waals surface area (Å²) >= 11 is 0. The average molecular weight is 168 g/mol. The van der Waals surface area contributed by atoms with Gasteiger partial charge in [-0.15, -0.1) is 0 Å². The van der Waals surface area contributed by atoms with Crippen molar-refractivity contribution in [2.75, 3.05) is 0 Å². The van der Waals surface area contributed by atoms with Gasteiger partial charge in [0.25, 0.3) is 0 Å². The maximum absolute atomic E-state index is 10.6. The minimum absolute atomic E-state index is 0.145. The first kappa shape index (κ1) is 7.80. The van der Waals surface area contributed by atoms with Crippen molar-refractivity contribution in [2.45, 2.75) is 31.5 Å². The molecule has 0 spiro atoms. The standard InChI is InChI=1S/C9H12O3/c1-5(9(10)11)6-2-3-7-8(4-6)12-7/h6-8H,1-4H2,(H,10,11). The maximum atomic E-state index is 10.6. The summed E-state index contributed by atoms with van der Waals surface area (Å²) in [5, 5.41) is 8.69. The van der Waals surface area contributed by atoms with Crippen molar-refractivity contribution < 1.29 is 14.6 Å². The highest BCUT2D eigenvalue weighted by atomic mass is 16.6. The van der Waals surface area contributed by atoms with E-state index in [1.54, 1.807) is 0 Å². The van der Waals surface area contributed by atoms with Gasteiger partial charge in [0.2, 0.25) is 0 Å². The molecular weight excluding hydrogens is 156 g/mol. The van der Waals surface area contributed by atoms with Crippen LogP contribution in [0, 0.1) is 5.92 Å². The summed E-state index contributed by atoms with van der Waals surface area (Å²) in [7, 11) is 0. The van der Waals surface area contributed by atoms with Crippen LogP contribution in [0.3, 0.4) is 0 Å². The zero-order chi connectivity index (χ0) is 8.72. The van der Waals surface area contributed by atoms with Gasteiger partial charge >= 0.3 is 5.97 Å². The molecule has 0 aromatic carbocycles. The van der Waals surface area contributed by atoms with Gasteiger partial charge in [0, 0.05) is 5.57 Å². The fraction of sp³-hybridized carbons (Fsp3) is 0.667. The Kier molecular flexibility index (Phi) is 1.68. The molecule has 1 N–H and O–H groups in total. The molecular formula is C9H12O3. The van der Waals surface area contributed by atoms with Crippen molar-refractivity contribution in [3.8, 4) is 0 Å². The molecule has 0 radical (unpaired) electrons. The van der Waals surface area contributed by atoms with E-state index in [1.165, 1.54) is 0 Å². The van der Waals surface area contributed by atoms with Gasteiger partial charge in [-0.2, -0.15) is 0 Å². The topological polar surface area (TPSA) is 49.8 Å². The molecule has 3 heteroatoms. The van der Waals surface area contributed by atoms with Crippen molar-refractivity contribution in [1.82, 2.24) is 0 Å². The molecule has 1 saturated heterocycles. The van der Waals surface area contributed by atoms with Crippen molar-refractivity contribution in [2.24, 2.45) is 5.92 Å². The lowest BCUT2D eigenvalue weighted by molar-refractivity contribution is -0.133. The van der Waals surface area contributed by atoms with E-state index < -0.39 is 5.97 Å². The summed E-state index contributed by atoms with van der Waals surface area (Å²) in [5.74, 6) is -0.717. The number of hydrogen-bond donors (Lipinski definition) is 1. The maximum Gasteiger partial charge on any atom is 0.331 e. The number of aliphatic carboxylic acids is 1. The number of carboxylic acids is 1. The van der Waals surface area contributed by atoms with Crippen LogP contribution in [0.2, 0.25) is 0 Å². The SMILES string of the molecule is C=C(C(=O)O)C1CCC2OC2C1. The highest BCUT2D eigenvalue weighted by Gasteiger charge is 2.44. The first-order chi connectivity index (χ1) is 5.68. The normalized spacial score (nSPS) is 38.5. The van der Waals surface area contributed by atoms with Crippen LogP contribution in [0.25, 0.3) is 0 Å². The summed E-state index contributed by atoms with van der Waals surface area (Å²) in [6.45, 7) is 3.58. The highest BCUT2D eigenvalue weighted by molar-refractivity contribution is 5.86. The second kappa shape index (κ2) is 2.59.